The summed E-state index contributed by atoms with van der Waals surface area (Å²) < 4.78 is 0. The second-order valence-electron chi connectivity index (χ2n) is 2.56. The second-order valence-corrected chi connectivity index (χ2v) is 2.56. The number of hydrogen-bond acceptors (Lipinski definition) is 2. The van der Waals surface area contributed by atoms with Crippen LogP contribution in [0.15, 0.2) is 0 Å². The van der Waals surface area contributed by atoms with Crippen molar-refractivity contribution in [3.05, 3.63) is 0 Å². The van der Waals surface area contributed by atoms with E-state index in [1.807, 2.05) is 0 Å². The predicted octanol–water partition coefficient (Wildman–Crippen LogP) is -0.996. The van der Waals surface area contributed by atoms with Crippen LogP contribution in [-0.2, 0) is 0 Å². The van der Waals surface area contributed by atoms with Gasteiger partial charge in [0.2, 0.25) is 0 Å². The maximum absolute atomic E-state index is 2.17. The van der Waals surface area contributed by atoms with Crippen LogP contribution in [0.3, 0.4) is 0 Å². The van der Waals surface area contributed by atoms with Gasteiger partial charge in [0.25, 0.3) is 0 Å². The summed E-state index contributed by atoms with van der Waals surface area (Å²) in [5.41, 5.74) is 0. The zero-order chi connectivity index (χ0) is 6.73. The summed E-state index contributed by atoms with van der Waals surface area (Å²) in [4.78, 5) is 4.33. The van der Waals surface area contributed by atoms with E-state index in [-0.39, 0.29) is 17.6 Å². The molecule has 0 aromatic heterocycles. The molecule has 0 atom stereocenters. The molecule has 0 aliphatic heterocycles. The van der Waals surface area contributed by atoms with Crippen LogP contribution in [0.4, 0.5) is 0 Å². The average Bonchev–Trinajstić information content (AvgIpc) is 1.64. The van der Waals surface area contributed by atoms with Gasteiger partial charge in [-0.05, 0) is 35.1 Å². The quantitative estimate of drug-likeness (QED) is 0.410. The van der Waals surface area contributed by atoms with E-state index in [1.54, 1.807) is 0 Å². The molecular formula is C6H20GeN2. The molecule has 0 rings (SSSR count). The third-order valence-corrected chi connectivity index (χ3v) is 1.49. The van der Waals surface area contributed by atoms with Crippen LogP contribution < -0.4 is 0 Å². The first-order valence-electron chi connectivity index (χ1n) is 2.88. The van der Waals surface area contributed by atoms with E-state index < -0.39 is 0 Å². The molecular weight excluding hydrogens is 173 g/mol. The standard InChI is InChI=1S/C6H16N2.GeH4/c1-6(7(2)3)8(4)5;/h6H,1-5H3;1H4. The molecule has 0 N–H and O–H groups in total. The van der Waals surface area contributed by atoms with Crippen LogP contribution in [0.5, 0.6) is 0 Å². The van der Waals surface area contributed by atoms with Crippen LogP contribution in [0, 0.1) is 0 Å². The van der Waals surface area contributed by atoms with Gasteiger partial charge in [-0.25, -0.2) is 0 Å². The molecule has 0 aromatic rings. The van der Waals surface area contributed by atoms with Gasteiger partial charge in [-0.3, -0.25) is 9.80 Å². The minimum atomic E-state index is 0. The van der Waals surface area contributed by atoms with E-state index in [9.17, 15) is 0 Å². The first-order chi connectivity index (χ1) is 3.55. The molecule has 0 saturated carbocycles. The molecule has 0 radical (unpaired) electrons. The predicted molar refractivity (Wildman–Crippen MR) is 48.2 cm³/mol. The first kappa shape index (κ1) is 12.2. The summed E-state index contributed by atoms with van der Waals surface area (Å²) in [6.45, 7) is 2.17. The normalized spacial score (nSPS) is 10.7. The van der Waals surface area contributed by atoms with Gasteiger partial charge in [0.05, 0.1) is 6.17 Å². The molecule has 0 aromatic carbocycles. The molecule has 0 unspecified atom stereocenters. The Hall–Kier alpha value is 0.463. The zero-order valence-corrected chi connectivity index (χ0v) is 6.47. The molecule has 0 heterocycles. The van der Waals surface area contributed by atoms with Crippen molar-refractivity contribution >= 4 is 17.6 Å². The fourth-order valence-corrected chi connectivity index (χ4v) is 0.462. The molecule has 0 bridgehead atoms. The van der Waals surface area contributed by atoms with Crippen molar-refractivity contribution in [3.8, 4) is 0 Å². The minimum absolute atomic E-state index is 0. The fraction of sp³-hybridized carbons (Fsp3) is 1.00. The number of hydrogen-bond donors (Lipinski definition) is 0. The van der Waals surface area contributed by atoms with Crippen LogP contribution in [0.2, 0.25) is 0 Å². The van der Waals surface area contributed by atoms with E-state index in [4.69, 9.17) is 0 Å². The van der Waals surface area contributed by atoms with Gasteiger partial charge in [0, 0.05) is 0 Å². The van der Waals surface area contributed by atoms with Crippen molar-refractivity contribution in [2.24, 2.45) is 0 Å². The summed E-state index contributed by atoms with van der Waals surface area (Å²) >= 11 is 0. The summed E-state index contributed by atoms with van der Waals surface area (Å²) in [5, 5.41) is 0. The van der Waals surface area contributed by atoms with Crippen molar-refractivity contribution < 1.29 is 0 Å². The molecule has 0 saturated heterocycles. The average molecular weight is 193 g/mol. The van der Waals surface area contributed by atoms with E-state index in [0.717, 1.165) is 0 Å². The molecule has 0 spiro atoms. The third kappa shape index (κ3) is 4.94. The van der Waals surface area contributed by atoms with Crippen LogP contribution in [0.1, 0.15) is 6.92 Å². The van der Waals surface area contributed by atoms with Crippen molar-refractivity contribution in [1.29, 1.82) is 0 Å². The molecule has 0 aliphatic carbocycles. The van der Waals surface area contributed by atoms with Gasteiger partial charge >= 0.3 is 17.6 Å². The Labute approximate surface area is 69.2 Å². The van der Waals surface area contributed by atoms with E-state index >= 15 is 0 Å². The summed E-state index contributed by atoms with van der Waals surface area (Å²) in [7, 11) is 8.30. The van der Waals surface area contributed by atoms with Gasteiger partial charge in [-0.15, -0.1) is 0 Å². The molecule has 0 aliphatic rings. The Morgan fingerprint density at radius 3 is 1.11 bits per heavy atom. The van der Waals surface area contributed by atoms with Crippen LogP contribution >= 0.6 is 0 Å². The van der Waals surface area contributed by atoms with Gasteiger partial charge < -0.3 is 0 Å². The third-order valence-electron chi connectivity index (χ3n) is 1.49. The van der Waals surface area contributed by atoms with Gasteiger partial charge in [-0.2, -0.15) is 0 Å². The summed E-state index contributed by atoms with van der Waals surface area (Å²) in [6, 6.07) is 0. The monoisotopic (exact) mass is 194 g/mol. The molecule has 58 valence electrons. The van der Waals surface area contributed by atoms with Crippen molar-refractivity contribution in [2.75, 3.05) is 28.2 Å². The van der Waals surface area contributed by atoms with Gasteiger partial charge in [-0.1, -0.05) is 0 Å². The Balaban J connectivity index is 0. The van der Waals surface area contributed by atoms with Crippen LogP contribution in [-0.4, -0.2) is 61.8 Å². The summed E-state index contributed by atoms with van der Waals surface area (Å²) in [5.74, 6) is 0. The Morgan fingerprint density at radius 2 is 1.11 bits per heavy atom. The molecule has 0 fully saturated rings. The van der Waals surface area contributed by atoms with E-state index in [2.05, 4.69) is 44.9 Å². The van der Waals surface area contributed by atoms with Gasteiger partial charge in [0.15, 0.2) is 0 Å². The van der Waals surface area contributed by atoms with Crippen molar-refractivity contribution in [2.45, 2.75) is 13.1 Å². The molecule has 2 nitrogen and oxygen atoms in total. The fourth-order valence-electron chi connectivity index (χ4n) is 0.462. The first-order valence-corrected chi connectivity index (χ1v) is 2.88. The molecule has 9 heavy (non-hydrogen) atoms. The number of rotatable bonds is 2. The molecule has 3 heteroatoms. The van der Waals surface area contributed by atoms with Gasteiger partial charge in [0.1, 0.15) is 0 Å². The maximum atomic E-state index is 2.17. The van der Waals surface area contributed by atoms with Crippen molar-refractivity contribution in [1.82, 2.24) is 9.80 Å². The topological polar surface area (TPSA) is 6.48 Å². The second kappa shape index (κ2) is 5.26. The molecule has 0 amide bonds. The SMILES string of the molecule is CC(N(C)C)N(C)C.[GeH4]. The van der Waals surface area contributed by atoms with Crippen molar-refractivity contribution in [3.63, 3.8) is 0 Å². The Bertz CT molecular complexity index is 56.1. The van der Waals surface area contributed by atoms with E-state index in [1.165, 1.54) is 0 Å². The number of nitrogens with zero attached hydrogens (tertiary/aromatic N) is 2. The van der Waals surface area contributed by atoms with Crippen LogP contribution in [0.25, 0.3) is 0 Å². The zero-order valence-electron chi connectivity index (χ0n) is 6.47. The Kier molecular flexibility index (Phi) is 7.12. The Morgan fingerprint density at radius 1 is 0.889 bits per heavy atom. The van der Waals surface area contributed by atoms with E-state index in [0.29, 0.717) is 6.17 Å². The summed E-state index contributed by atoms with van der Waals surface area (Å²) in [6.07, 6.45) is 0.537.